The van der Waals surface area contributed by atoms with Crippen molar-refractivity contribution in [1.29, 1.82) is 0 Å². The third-order valence-electron chi connectivity index (χ3n) is 5.00. The van der Waals surface area contributed by atoms with Crippen LogP contribution in [0.2, 0.25) is 0 Å². The molecule has 20 heavy (non-hydrogen) atoms. The lowest BCUT2D eigenvalue weighted by atomic mass is 9.62. The van der Waals surface area contributed by atoms with Crippen LogP contribution in [0.5, 0.6) is 5.75 Å². The smallest absolute Gasteiger partial charge is 0.119 e. The first-order chi connectivity index (χ1) is 9.42. The lowest BCUT2D eigenvalue weighted by Gasteiger charge is -2.45. The standard InChI is InChI=1S/C17H27NO2/c1-16(2)7-9-17(12-18,10-8-16)15(19)13-5-4-6-14(11-13)20-3/h4-6,11,15,19H,7-10,12,18H2,1-3H3. The van der Waals surface area contributed by atoms with E-state index in [0.717, 1.165) is 37.0 Å². The Bertz CT molecular complexity index is 446. The number of hydrogen-bond acceptors (Lipinski definition) is 3. The van der Waals surface area contributed by atoms with Crippen molar-refractivity contribution in [3.63, 3.8) is 0 Å². The van der Waals surface area contributed by atoms with Crippen LogP contribution < -0.4 is 10.5 Å². The van der Waals surface area contributed by atoms with Crippen molar-refractivity contribution in [2.45, 2.75) is 45.6 Å². The Balaban J connectivity index is 2.22. The normalized spacial score (nSPS) is 22.2. The van der Waals surface area contributed by atoms with Crippen LogP contribution in [-0.4, -0.2) is 18.8 Å². The first-order valence-corrected chi connectivity index (χ1v) is 7.45. The van der Waals surface area contributed by atoms with Crippen molar-refractivity contribution in [2.75, 3.05) is 13.7 Å². The number of methoxy groups -OCH3 is 1. The molecule has 1 atom stereocenters. The quantitative estimate of drug-likeness (QED) is 0.888. The largest absolute Gasteiger partial charge is 0.497 e. The zero-order valence-electron chi connectivity index (χ0n) is 12.9. The van der Waals surface area contributed by atoms with Crippen LogP contribution in [0, 0.1) is 10.8 Å². The molecule has 0 radical (unpaired) electrons. The van der Waals surface area contributed by atoms with Gasteiger partial charge in [0.05, 0.1) is 13.2 Å². The van der Waals surface area contributed by atoms with Crippen molar-refractivity contribution in [2.24, 2.45) is 16.6 Å². The summed E-state index contributed by atoms with van der Waals surface area (Å²) in [6.45, 7) is 5.12. The highest BCUT2D eigenvalue weighted by molar-refractivity contribution is 5.31. The van der Waals surface area contributed by atoms with Gasteiger partial charge >= 0.3 is 0 Å². The van der Waals surface area contributed by atoms with Gasteiger partial charge in [0.25, 0.3) is 0 Å². The van der Waals surface area contributed by atoms with Crippen LogP contribution in [0.1, 0.15) is 51.2 Å². The minimum Gasteiger partial charge on any atom is -0.497 e. The Morgan fingerprint density at radius 3 is 2.45 bits per heavy atom. The fraction of sp³-hybridized carbons (Fsp3) is 0.647. The SMILES string of the molecule is COc1cccc(C(O)C2(CN)CCC(C)(C)CC2)c1. The molecule has 0 spiro atoms. The van der Waals surface area contributed by atoms with Crippen molar-refractivity contribution in [1.82, 2.24) is 0 Å². The fourth-order valence-electron chi connectivity index (χ4n) is 3.18. The highest BCUT2D eigenvalue weighted by atomic mass is 16.5. The maximum atomic E-state index is 10.9. The minimum absolute atomic E-state index is 0.193. The van der Waals surface area contributed by atoms with E-state index in [1.807, 2.05) is 24.3 Å². The van der Waals surface area contributed by atoms with Crippen LogP contribution in [0.25, 0.3) is 0 Å². The highest BCUT2D eigenvalue weighted by Crippen LogP contribution is 2.50. The maximum Gasteiger partial charge on any atom is 0.119 e. The van der Waals surface area contributed by atoms with Gasteiger partial charge in [0.2, 0.25) is 0 Å². The lowest BCUT2D eigenvalue weighted by molar-refractivity contribution is -0.0236. The summed E-state index contributed by atoms with van der Waals surface area (Å²) in [6, 6.07) is 7.70. The Kier molecular flexibility index (Phi) is 4.40. The Hall–Kier alpha value is -1.06. The van der Waals surface area contributed by atoms with Crippen molar-refractivity contribution in [3.8, 4) is 5.75 Å². The number of ether oxygens (including phenoxy) is 1. The Labute approximate surface area is 122 Å². The summed E-state index contributed by atoms with van der Waals surface area (Å²) in [5.41, 5.74) is 7.13. The summed E-state index contributed by atoms with van der Waals surface area (Å²) < 4.78 is 5.25. The van der Waals surface area contributed by atoms with E-state index < -0.39 is 6.10 Å². The van der Waals surface area contributed by atoms with E-state index in [-0.39, 0.29) is 5.41 Å². The topological polar surface area (TPSA) is 55.5 Å². The molecule has 112 valence electrons. The van der Waals surface area contributed by atoms with E-state index >= 15 is 0 Å². The third kappa shape index (κ3) is 2.99. The molecule has 0 aliphatic heterocycles. The molecule has 0 saturated heterocycles. The number of aliphatic hydroxyl groups excluding tert-OH is 1. The van der Waals surface area contributed by atoms with Crippen LogP contribution in [-0.2, 0) is 0 Å². The second-order valence-electron chi connectivity index (χ2n) is 6.91. The van der Waals surface area contributed by atoms with Crippen LogP contribution in [0.15, 0.2) is 24.3 Å². The molecular weight excluding hydrogens is 250 g/mol. The minimum atomic E-state index is -0.515. The van der Waals surface area contributed by atoms with E-state index in [1.54, 1.807) is 7.11 Å². The van der Waals surface area contributed by atoms with E-state index in [9.17, 15) is 5.11 Å². The molecule has 1 unspecified atom stereocenters. The van der Waals surface area contributed by atoms with E-state index in [4.69, 9.17) is 10.5 Å². The van der Waals surface area contributed by atoms with E-state index in [2.05, 4.69) is 13.8 Å². The molecule has 0 bridgehead atoms. The summed E-state index contributed by atoms with van der Waals surface area (Å²) in [6.07, 6.45) is 3.68. The van der Waals surface area contributed by atoms with Crippen molar-refractivity contribution in [3.05, 3.63) is 29.8 Å². The Morgan fingerprint density at radius 1 is 1.25 bits per heavy atom. The maximum absolute atomic E-state index is 10.9. The van der Waals surface area contributed by atoms with Gasteiger partial charge in [-0.05, 0) is 48.8 Å². The van der Waals surface area contributed by atoms with E-state index in [1.165, 1.54) is 0 Å². The number of nitrogens with two attached hydrogens (primary N) is 1. The van der Waals surface area contributed by atoms with Gasteiger partial charge in [-0.2, -0.15) is 0 Å². The molecule has 1 fully saturated rings. The van der Waals surface area contributed by atoms with Crippen LogP contribution in [0.4, 0.5) is 0 Å². The van der Waals surface area contributed by atoms with E-state index in [0.29, 0.717) is 12.0 Å². The molecule has 3 nitrogen and oxygen atoms in total. The van der Waals surface area contributed by atoms with Crippen molar-refractivity contribution >= 4 is 0 Å². The van der Waals surface area contributed by atoms with Crippen LogP contribution in [0.3, 0.4) is 0 Å². The number of rotatable bonds is 4. The zero-order valence-corrected chi connectivity index (χ0v) is 12.9. The van der Waals surface area contributed by atoms with Gasteiger partial charge in [0, 0.05) is 12.0 Å². The molecule has 0 aromatic heterocycles. The van der Waals surface area contributed by atoms with Gasteiger partial charge < -0.3 is 15.6 Å². The molecule has 3 heteroatoms. The summed E-state index contributed by atoms with van der Waals surface area (Å²) in [5.74, 6) is 0.782. The molecule has 1 aliphatic rings. The van der Waals surface area contributed by atoms with Gasteiger partial charge in [-0.25, -0.2) is 0 Å². The average Bonchev–Trinajstić information content (AvgIpc) is 2.47. The molecule has 3 N–H and O–H groups in total. The number of hydrogen-bond donors (Lipinski definition) is 2. The zero-order chi connectivity index (χ0) is 14.8. The lowest BCUT2D eigenvalue weighted by Crippen LogP contribution is -2.41. The number of benzene rings is 1. The fourth-order valence-corrected chi connectivity index (χ4v) is 3.18. The summed E-state index contributed by atoms with van der Waals surface area (Å²) in [7, 11) is 1.65. The van der Waals surface area contributed by atoms with Gasteiger partial charge in [-0.15, -0.1) is 0 Å². The predicted molar refractivity (Wildman–Crippen MR) is 81.7 cm³/mol. The molecule has 0 heterocycles. The second kappa shape index (κ2) is 5.74. The first kappa shape index (κ1) is 15.3. The summed E-state index contributed by atoms with van der Waals surface area (Å²) in [5, 5.41) is 10.9. The average molecular weight is 277 g/mol. The third-order valence-corrected chi connectivity index (χ3v) is 5.00. The Morgan fingerprint density at radius 2 is 1.90 bits per heavy atom. The van der Waals surface area contributed by atoms with Crippen molar-refractivity contribution < 1.29 is 9.84 Å². The molecule has 1 aliphatic carbocycles. The predicted octanol–water partition coefficient (Wildman–Crippen LogP) is 3.27. The second-order valence-corrected chi connectivity index (χ2v) is 6.91. The summed E-state index contributed by atoms with van der Waals surface area (Å²) in [4.78, 5) is 0. The molecule has 1 aromatic rings. The summed E-state index contributed by atoms with van der Waals surface area (Å²) >= 11 is 0. The van der Waals surface area contributed by atoms with Gasteiger partial charge in [-0.1, -0.05) is 26.0 Å². The first-order valence-electron chi connectivity index (χ1n) is 7.45. The monoisotopic (exact) mass is 277 g/mol. The molecule has 1 aromatic carbocycles. The molecule has 1 saturated carbocycles. The van der Waals surface area contributed by atoms with Gasteiger partial charge in [0.15, 0.2) is 0 Å². The molecular formula is C17H27NO2. The number of aliphatic hydroxyl groups is 1. The van der Waals surface area contributed by atoms with Crippen LogP contribution >= 0.6 is 0 Å². The highest BCUT2D eigenvalue weighted by Gasteiger charge is 2.43. The molecule has 0 amide bonds. The van der Waals surface area contributed by atoms with Gasteiger partial charge in [-0.3, -0.25) is 0 Å². The van der Waals surface area contributed by atoms with Gasteiger partial charge in [0.1, 0.15) is 5.75 Å². The molecule has 2 rings (SSSR count).